The molecule has 0 bridgehead atoms. The van der Waals surface area contributed by atoms with Crippen LogP contribution >= 0.6 is 0 Å². The van der Waals surface area contributed by atoms with Gasteiger partial charge >= 0.3 is 7.12 Å². The number of aliphatic hydroxyl groups excluding tert-OH is 1. The van der Waals surface area contributed by atoms with E-state index in [1.165, 1.54) is 0 Å². The van der Waals surface area contributed by atoms with Crippen LogP contribution in [0.2, 0.25) is 0 Å². The van der Waals surface area contributed by atoms with E-state index >= 15 is 0 Å². The van der Waals surface area contributed by atoms with Crippen molar-refractivity contribution in [3.05, 3.63) is 23.4 Å². The Morgan fingerprint density at radius 1 is 1.12 bits per heavy atom. The van der Waals surface area contributed by atoms with E-state index in [1.54, 1.807) is 13.0 Å². The number of aliphatic hydroxyl groups is 1. The first kappa shape index (κ1) is 13.3. The molecule has 0 aromatic rings. The normalized spacial score (nSPS) is 25.0. The van der Waals surface area contributed by atoms with Crippen molar-refractivity contribution >= 4 is 7.12 Å². The third-order valence-corrected chi connectivity index (χ3v) is 3.23. The second-order valence-corrected chi connectivity index (χ2v) is 5.16. The Hall–Kier alpha value is -0.735. The average molecular weight is 224 g/mol. The minimum absolute atomic E-state index is 0.253. The first-order valence-electron chi connectivity index (χ1n) is 5.59. The van der Waals surface area contributed by atoms with Gasteiger partial charge in [-0.1, -0.05) is 6.08 Å². The predicted octanol–water partition coefficient (Wildman–Crippen LogP) is 3.03. The van der Waals surface area contributed by atoms with Crippen molar-refractivity contribution in [1.29, 1.82) is 0 Å². The Labute approximate surface area is 98.3 Å². The Morgan fingerprint density at radius 2 is 1.56 bits per heavy atom. The minimum atomic E-state index is -0.405. The molecule has 3 nitrogen and oxygen atoms in total. The molecule has 4 heteroatoms. The summed E-state index contributed by atoms with van der Waals surface area (Å²) in [5.41, 5.74) is 0.158. The third kappa shape index (κ3) is 2.50. The van der Waals surface area contributed by atoms with Gasteiger partial charge in [0.1, 0.15) is 0 Å². The van der Waals surface area contributed by atoms with E-state index in [-0.39, 0.29) is 17.0 Å². The monoisotopic (exact) mass is 224 g/mol. The predicted molar refractivity (Wildman–Crippen MR) is 66.2 cm³/mol. The van der Waals surface area contributed by atoms with E-state index in [9.17, 15) is 5.11 Å². The maximum atomic E-state index is 9.28. The fourth-order valence-electron chi connectivity index (χ4n) is 1.51. The molecule has 0 aromatic carbocycles. The van der Waals surface area contributed by atoms with Crippen molar-refractivity contribution in [1.82, 2.24) is 0 Å². The summed E-state index contributed by atoms with van der Waals surface area (Å²) in [6, 6.07) is 0. The Kier molecular flexibility index (Phi) is 3.55. The van der Waals surface area contributed by atoms with Crippen molar-refractivity contribution in [2.24, 2.45) is 0 Å². The van der Waals surface area contributed by atoms with Crippen LogP contribution in [-0.4, -0.2) is 23.4 Å². The molecule has 0 atom stereocenters. The zero-order chi connectivity index (χ0) is 12.6. The highest BCUT2D eigenvalue weighted by molar-refractivity contribution is 6.55. The summed E-state index contributed by atoms with van der Waals surface area (Å²) in [5, 5.41) is 9.28. The van der Waals surface area contributed by atoms with Gasteiger partial charge in [0.25, 0.3) is 0 Å². The Balaban J connectivity index is 2.91. The summed E-state index contributed by atoms with van der Waals surface area (Å²) in [4.78, 5) is 0. The number of hydrogen-bond donors (Lipinski definition) is 1. The molecule has 0 aromatic heterocycles. The Morgan fingerprint density at radius 3 is 1.88 bits per heavy atom. The molecule has 1 saturated heterocycles. The summed E-state index contributed by atoms with van der Waals surface area (Å²) in [7, 11) is -0.405. The average Bonchev–Trinajstić information content (AvgIpc) is 2.31. The Bertz CT molecular complexity index is 309. The molecule has 1 rings (SSSR count). The van der Waals surface area contributed by atoms with Gasteiger partial charge in [0.2, 0.25) is 0 Å². The number of rotatable bonds is 2. The number of allylic oxidation sites excluding steroid dienone is 4. The molecule has 0 amide bonds. The number of hydrogen-bond acceptors (Lipinski definition) is 3. The maximum Gasteiger partial charge on any atom is 0.494 e. The highest BCUT2D eigenvalue weighted by atomic mass is 16.7. The van der Waals surface area contributed by atoms with Gasteiger partial charge in [-0.3, -0.25) is 0 Å². The lowest BCUT2D eigenvalue weighted by Gasteiger charge is -2.32. The van der Waals surface area contributed by atoms with Crippen LogP contribution in [-0.2, 0) is 9.31 Å². The molecule has 1 N–H and O–H groups in total. The lowest BCUT2D eigenvalue weighted by molar-refractivity contribution is 0.00578. The van der Waals surface area contributed by atoms with E-state index in [2.05, 4.69) is 0 Å². The quantitative estimate of drug-likeness (QED) is 0.445. The van der Waals surface area contributed by atoms with Gasteiger partial charge in [0.05, 0.1) is 17.0 Å². The van der Waals surface area contributed by atoms with E-state index < -0.39 is 7.12 Å². The molecule has 0 spiro atoms. The second kappa shape index (κ2) is 4.26. The smallest absolute Gasteiger partial charge is 0.494 e. The highest BCUT2D eigenvalue weighted by Crippen LogP contribution is 2.38. The summed E-state index contributed by atoms with van der Waals surface area (Å²) < 4.78 is 11.7. The molecule has 1 aliphatic rings. The van der Waals surface area contributed by atoms with Crippen LogP contribution in [0.1, 0.15) is 41.5 Å². The minimum Gasteiger partial charge on any atom is -0.513 e. The van der Waals surface area contributed by atoms with Crippen molar-refractivity contribution in [3.8, 4) is 0 Å². The molecule has 1 fully saturated rings. The summed E-state index contributed by atoms with van der Waals surface area (Å²) >= 11 is 0. The van der Waals surface area contributed by atoms with Gasteiger partial charge in [-0.15, -0.1) is 0 Å². The molecular formula is C12H21BO3. The SMILES string of the molecule is C/C=C(\C=C(/C)O)B1OC(C)(C)C(C)(C)O1. The largest absolute Gasteiger partial charge is 0.513 e. The van der Waals surface area contributed by atoms with Gasteiger partial charge in [0, 0.05) is 0 Å². The first-order valence-corrected chi connectivity index (χ1v) is 5.59. The molecule has 0 radical (unpaired) electrons. The van der Waals surface area contributed by atoms with Gasteiger partial charge in [-0.05, 0) is 53.1 Å². The van der Waals surface area contributed by atoms with Crippen LogP contribution in [0.4, 0.5) is 0 Å². The van der Waals surface area contributed by atoms with Crippen molar-refractivity contribution in [3.63, 3.8) is 0 Å². The zero-order valence-corrected chi connectivity index (χ0v) is 11.0. The van der Waals surface area contributed by atoms with E-state index in [4.69, 9.17) is 9.31 Å². The van der Waals surface area contributed by atoms with Gasteiger partial charge in [0.15, 0.2) is 0 Å². The topological polar surface area (TPSA) is 38.7 Å². The van der Waals surface area contributed by atoms with Gasteiger partial charge in [-0.25, -0.2) is 0 Å². The molecule has 0 aliphatic carbocycles. The lowest BCUT2D eigenvalue weighted by Crippen LogP contribution is -2.41. The van der Waals surface area contributed by atoms with Crippen LogP contribution in [0.3, 0.4) is 0 Å². The summed E-state index contributed by atoms with van der Waals surface area (Å²) in [6.07, 6.45) is 3.56. The summed E-state index contributed by atoms with van der Waals surface area (Å²) in [6.45, 7) is 11.6. The second-order valence-electron chi connectivity index (χ2n) is 5.16. The van der Waals surface area contributed by atoms with Crippen LogP contribution < -0.4 is 0 Å². The first-order chi connectivity index (χ1) is 7.19. The molecule has 0 saturated carbocycles. The third-order valence-electron chi connectivity index (χ3n) is 3.23. The molecular weight excluding hydrogens is 203 g/mol. The van der Waals surface area contributed by atoms with Crippen LogP contribution in [0.5, 0.6) is 0 Å². The lowest BCUT2D eigenvalue weighted by atomic mass is 9.77. The molecule has 0 unspecified atom stereocenters. The fraction of sp³-hybridized carbons (Fsp3) is 0.667. The van der Waals surface area contributed by atoms with Crippen LogP contribution in [0.25, 0.3) is 0 Å². The molecule has 1 heterocycles. The molecule has 90 valence electrons. The molecule has 1 aliphatic heterocycles. The van der Waals surface area contributed by atoms with Crippen molar-refractivity contribution in [2.45, 2.75) is 52.7 Å². The van der Waals surface area contributed by atoms with Gasteiger partial charge < -0.3 is 14.4 Å². The van der Waals surface area contributed by atoms with E-state index in [1.807, 2.05) is 40.7 Å². The standard InChI is InChI=1S/C12H21BO3/c1-7-10(8-9(2)14)13-15-11(3,4)12(5,6)16-13/h7-8,14H,1-6H3/b9-8+,10-7+. The zero-order valence-electron chi connectivity index (χ0n) is 11.0. The van der Waals surface area contributed by atoms with E-state index in [0.717, 1.165) is 5.47 Å². The van der Waals surface area contributed by atoms with Gasteiger partial charge in [-0.2, -0.15) is 0 Å². The van der Waals surface area contributed by atoms with Crippen LogP contribution in [0, 0.1) is 0 Å². The summed E-state index contributed by atoms with van der Waals surface area (Å²) in [5.74, 6) is 0.253. The van der Waals surface area contributed by atoms with Crippen molar-refractivity contribution < 1.29 is 14.4 Å². The maximum absolute atomic E-state index is 9.28. The van der Waals surface area contributed by atoms with E-state index in [0.29, 0.717) is 0 Å². The fourth-order valence-corrected chi connectivity index (χ4v) is 1.51. The molecule has 16 heavy (non-hydrogen) atoms. The highest BCUT2D eigenvalue weighted by Gasteiger charge is 2.51. The van der Waals surface area contributed by atoms with Crippen LogP contribution in [0.15, 0.2) is 23.4 Å². The van der Waals surface area contributed by atoms with Crippen molar-refractivity contribution in [2.75, 3.05) is 0 Å².